The Bertz CT molecular complexity index is 383. The lowest BCUT2D eigenvalue weighted by molar-refractivity contribution is -0.128. The fraction of sp³-hybridized carbons (Fsp3) is 0.364. The SMILES string of the molecule is O=C1CC(S)CN1Cc1ccccc1Br. The zero-order valence-electron chi connectivity index (χ0n) is 8.19. The number of rotatable bonds is 2. The zero-order valence-corrected chi connectivity index (χ0v) is 10.7. The molecule has 1 aliphatic heterocycles. The summed E-state index contributed by atoms with van der Waals surface area (Å²) < 4.78 is 1.06. The van der Waals surface area contributed by atoms with E-state index in [9.17, 15) is 4.79 Å². The Morgan fingerprint density at radius 1 is 1.47 bits per heavy atom. The molecule has 0 spiro atoms. The summed E-state index contributed by atoms with van der Waals surface area (Å²) in [6.07, 6.45) is 0.563. The van der Waals surface area contributed by atoms with Gasteiger partial charge in [-0.15, -0.1) is 0 Å². The monoisotopic (exact) mass is 285 g/mol. The largest absolute Gasteiger partial charge is 0.337 e. The van der Waals surface area contributed by atoms with Crippen molar-refractivity contribution in [2.24, 2.45) is 0 Å². The number of thiol groups is 1. The van der Waals surface area contributed by atoms with Gasteiger partial charge >= 0.3 is 0 Å². The first-order valence-corrected chi connectivity index (χ1v) is 6.17. The Labute approximate surface area is 103 Å². The van der Waals surface area contributed by atoms with Crippen LogP contribution >= 0.6 is 28.6 Å². The van der Waals surface area contributed by atoms with E-state index < -0.39 is 0 Å². The predicted molar refractivity (Wildman–Crippen MR) is 67.0 cm³/mol. The van der Waals surface area contributed by atoms with Crippen molar-refractivity contribution < 1.29 is 4.79 Å². The van der Waals surface area contributed by atoms with Crippen LogP contribution in [0.2, 0.25) is 0 Å². The van der Waals surface area contributed by atoms with Crippen LogP contribution in [-0.4, -0.2) is 22.6 Å². The summed E-state index contributed by atoms with van der Waals surface area (Å²) in [6.45, 7) is 1.43. The number of carbonyl (C=O) groups excluding carboxylic acids is 1. The summed E-state index contributed by atoms with van der Waals surface area (Å²) in [6, 6.07) is 7.98. The van der Waals surface area contributed by atoms with E-state index in [1.807, 2.05) is 29.2 Å². The second kappa shape index (κ2) is 4.58. The van der Waals surface area contributed by atoms with Gasteiger partial charge in [-0.1, -0.05) is 34.1 Å². The molecule has 2 rings (SSSR count). The van der Waals surface area contributed by atoms with Gasteiger partial charge in [-0.3, -0.25) is 4.79 Å². The molecule has 0 bridgehead atoms. The van der Waals surface area contributed by atoms with Crippen LogP contribution in [0.3, 0.4) is 0 Å². The Morgan fingerprint density at radius 3 is 2.80 bits per heavy atom. The van der Waals surface area contributed by atoms with E-state index >= 15 is 0 Å². The number of likely N-dealkylation sites (tertiary alicyclic amines) is 1. The number of benzene rings is 1. The summed E-state index contributed by atoms with van der Waals surface area (Å²) in [7, 11) is 0. The van der Waals surface area contributed by atoms with Gasteiger partial charge in [-0.2, -0.15) is 12.6 Å². The van der Waals surface area contributed by atoms with E-state index in [-0.39, 0.29) is 11.2 Å². The van der Waals surface area contributed by atoms with Crippen LogP contribution in [0, 0.1) is 0 Å². The van der Waals surface area contributed by atoms with Crippen molar-refractivity contribution in [3.8, 4) is 0 Å². The van der Waals surface area contributed by atoms with Crippen molar-refractivity contribution in [3.63, 3.8) is 0 Å². The van der Waals surface area contributed by atoms with E-state index in [0.29, 0.717) is 13.0 Å². The van der Waals surface area contributed by atoms with Gasteiger partial charge in [0.1, 0.15) is 0 Å². The van der Waals surface area contributed by atoms with Crippen molar-refractivity contribution in [3.05, 3.63) is 34.3 Å². The molecular weight excluding hydrogens is 274 g/mol. The predicted octanol–water partition coefficient (Wildman–Crippen LogP) is 2.48. The van der Waals surface area contributed by atoms with Gasteiger partial charge < -0.3 is 4.90 Å². The second-order valence-electron chi connectivity index (χ2n) is 3.72. The van der Waals surface area contributed by atoms with Crippen molar-refractivity contribution in [2.45, 2.75) is 18.2 Å². The number of hydrogen-bond donors (Lipinski definition) is 1. The molecule has 0 radical (unpaired) electrons. The number of hydrogen-bond acceptors (Lipinski definition) is 2. The molecule has 15 heavy (non-hydrogen) atoms. The van der Waals surface area contributed by atoms with E-state index in [1.54, 1.807) is 0 Å². The van der Waals surface area contributed by atoms with Gasteiger partial charge in [-0.05, 0) is 11.6 Å². The van der Waals surface area contributed by atoms with Crippen molar-refractivity contribution >= 4 is 34.5 Å². The average molecular weight is 286 g/mol. The fourth-order valence-corrected chi connectivity index (χ4v) is 2.50. The minimum absolute atomic E-state index is 0.194. The highest BCUT2D eigenvalue weighted by atomic mass is 79.9. The molecule has 1 heterocycles. The third kappa shape index (κ3) is 2.55. The molecule has 0 aliphatic carbocycles. The lowest BCUT2D eigenvalue weighted by Gasteiger charge is -2.16. The Kier molecular flexibility index (Phi) is 3.36. The first kappa shape index (κ1) is 11.0. The summed E-state index contributed by atoms with van der Waals surface area (Å²) in [4.78, 5) is 13.4. The summed E-state index contributed by atoms with van der Waals surface area (Å²) in [5, 5.41) is 0.194. The summed E-state index contributed by atoms with van der Waals surface area (Å²) in [5.41, 5.74) is 1.15. The average Bonchev–Trinajstić information content (AvgIpc) is 2.49. The lowest BCUT2D eigenvalue weighted by atomic mass is 10.2. The van der Waals surface area contributed by atoms with Crippen LogP contribution in [0.1, 0.15) is 12.0 Å². The molecule has 1 aromatic rings. The minimum atomic E-state index is 0.194. The highest BCUT2D eigenvalue weighted by Gasteiger charge is 2.27. The smallest absolute Gasteiger partial charge is 0.224 e. The Morgan fingerprint density at radius 2 is 2.20 bits per heavy atom. The summed E-state index contributed by atoms with van der Waals surface area (Å²) >= 11 is 7.81. The third-order valence-electron chi connectivity index (χ3n) is 2.51. The standard InChI is InChI=1S/C11H12BrNOS/c12-10-4-2-1-3-8(10)6-13-7-9(15)5-11(13)14/h1-4,9,15H,5-7H2. The van der Waals surface area contributed by atoms with Crippen molar-refractivity contribution in [2.75, 3.05) is 6.54 Å². The van der Waals surface area contributed by atoms with Gasteiger partial charge in [0.2, 0.25) is 5.91 Å². The first-order chi connectivity index (χ1) is 7.16. The molecular formula is C11H12BrNOS. The molecule has 1 amide bonds. The van der Waals surface area contributed by atoms with Crippen LogP contribution in [0.5, 0.6) is 0 Å². The number of amides is 1. The molecule has 1 fully saturated rings. The maximum Gasteiger partial charge on any atom is 0.224 e. The van der Waals surface area contributed by atoms with E-state index in [1.165, 1.54) is 0 Å². The molecule has 4 heteroatoms. The maximum absolute atomic E-state index is 11.6. The molecule has 80 valence electrons. The lowest BCUT2D eigenvalue weighted by Crippen LogP contribution is -2.24. The number of carbonyl (C=O) groups is 1. The molecule has 0 aromatic heterocycles. The highest BCUT2D eigenvalue weighted by Crippen LogP contribution is 2.22. The second-order valence-corrected chi connectivity index (χ2v) is 5.31. The van der Waals surface area contributed by atoms with E-state index in [0.717, 1.165) is 16.6 Å². The highest BCUT2D eigenvalue weighted by molar-refractivity contribution is 9.10. The Hall–Kier alpha value is -0.480. The molecule has 1 saturated heterocycles. The van der Waals surface area contributed by atoms with Crippen LogP contribution in [0.15, 0.2) is 28.7 Å². The fourth-order valence-electron chi connectivity index (χ4n) is 1.74. The van der Waals surface area contributed by atoms with Crippen LogP contribution in [0.4, 0.5) is 0 Å². The van der Waals surface area contributed by atoms with Crippen molar-refractivity contribution in [1.82, 2.24) is 4.90 Å². The molecule has 2 nitrogen and oxygen atoms in total. The normalized spacial score (nSPS) is 21.1. The molecule has 1 atom stereocenters. The quantitative estimate of drug-likeness (QED) is 0.828. The van der Waals surface area contributed by atoms with Crippen LogP contribution in [0.25, 0.3) is 0 Å². The molecule has 1 aliphatic rings. The van der Waals surface area contributed by atoms with E-state index in [2.05, 4.69) is 28.6 Å². The maximum atomic E-state index is 11.6. The van der Waals surface area contributed by atoms with Gasteiger partial charge in [0.25, 0.3) is 0 Å². The molecule has 1 unspecified atom stereocenters. The zero-order chi connectivity index (χ0) is 10.8. The van der Waals surface area contributed by atoms with Gasteiger partial charge in [0, 0.05) is 29.2 Å². The van der Waals surface area contributed by atoms with Gasteiger partial charge in [-0.25, -0.2) is 0 Å². The minimum Gasteiger partial charge on any atom is -0.337 e. The van der Waals surface area contributed by atoms with Crippen LogP contribution in [-0.2, 0) is 11.3 Å². The Balaban J connectivity index is 2.09. The first-order valence-electron chi connectivity index (χ1n) is 4.86. The van der Waals surface area contributed by atoms with Crippen molar-refractivity contribution in [1.29, 1.82) is 0 Å². The molecule has 0 saturated carbocycles. The van der Waals surface area contributed by atoms with E-state index in [4.69, 9.17) is 0 Å². The van der Waals surface area contributed by atoms with Crippen LogP contribution < -0.4 is 0 Å². The van der Waals surface area contributed by atoms with Gasteiger partial charge in [0.15, 0.2) is 0 Å². The topological polar surface area (TPSA) is 20.3 Å². The van der Waals surface area contributed by atoms with Gasteiger partial charge in [0.05, 0.1) is 0 Å². The molecule has 0 N–H and O–H groups in total. The molecule has 1 aromatic carbocycles. The number of nitrogens with zero attached hydrogens (tertiary/aromatic N) is 1. The third-order valence-corrected chi connectivity index (χ3v) is 3.63. The number of halogens is 1. The summed E-state index contributed by atoms with van der Waals surface area (Å²) in [5.74, 6) is 0.200.